The molecule has 122 valence electrons. The fraction of sp³-hybridized carbons (Fsp3) is 0.625. The van der Waals surface area contributed by atoms with E-state index in [-0.39, 0.29) is 11.8 Å². The van der Waals surface area contributed by atoms with Crippen LogP contribution in [0.25, 0.3) is 0 Å². The molecule has 1 aromatic heterocycles. The highest BCUT2D eigenvalue weighted by atomic mass is 16.3. The van der Waals surface area contributed by atoms with E-state index in [9.17, 15) is 9.59 Å². The summed E-state index contributed by atoms with van der Waals surface area (Å²) in [5, 5.41) is 6.15. The number of hydrogen-bond donors (Lipinski definition) is 2. The summed E-state index contributed by atoms with van der Waals surface area (Å²) < 4.78 is 5.17. The van der Waals surface area contributed by atoms with E-state index in [1.807, 2.05) is 0 Å². The Bertz CT molecular complexity index is 473. The standard InChI is InChI=1S/C16H25N3O3/c1-2-8-17-9-10-18-15(20)13-6-3-4-11-19(13)16(21)14-7-5-12-22-14/h5,7,12-13,17H,2-4,6,8-11H2,1H3,(H,18,20). The van der Waals surface area contributed by atoms with Crippen molar-refractivity contribution in [3.8, 4) is 0 Å². The summed E-state index contributed by atoms with van der Waals surface area (Å²) in [4.78, 5) is 26.4. The van der Waals surface area contributed by atoms with Gasteiger partial charge in [-0.1, -0.05) is 6.92 Å². The predicted octanol–water partition coefficient (Wildman–Crippen LogP) is 1.39. The molecule has 2 heterocycles. The number of furan rings is 1. The smallest absolute Gasteiger partial charge is 0.290 e. The first kappa shape index (κ1) is 16.5. The first-order chi connectivity index (χ1) is 10.7. The third kappa shape index (κ3) is 4.34. The van der Waals surface area contributed by atoms with E-state index in [0.717, 1.165) is 32.4 Å². The van der Waals surface area contributed by atoms with Crippen molar-refractivity contribution in [3.05, 3.63) is 24.2 Å². The Morgan fingerprint density at radius 3 is 2.91 bits per heavy atom. The van der Waals surface area contributed by atoms with Gasteiger partial charge in [0.15, 0.2) is 5.76 Å². The van der Waals surface area contributed by atoms with E-state index in [0.29, 0.717) is 25.3 Å². The molecule has 2 N–H and O–H groups in total. The third-order valence-corrected chi connectivity index (χ3v) is 3.83. The quantitative estimate of drug-likeness (QED) is 0.747. The molecule has 1 aliphatic heterocycles. The van der Waals surface area contributed by atoms with Gasteiger partial charge in [-0.25, -0.2) is 0 Å². The summed E-state index contributed by atoms with van der Waals surface area (Å²) in [5.74, 6) is 0.0242. The SMILES string of the molecule is CCCNCCNC(=O)C1CCCCN1C(=O)c1ccco1. The molecule has 22 heavy (non-hydrogen) atoms. The Morgan fingerprint density at radius 1 is 1.32 bits per heavy atom. The largest absolute Gasteiger partial charge is 0.459 e. The minimum absolute atomic E-state index is 0.0714. The number of piperidine rings is 1. The maximum absolute atomic E-state index is 12.4. The summed E-state index contributed by atoms with van der Waals surface area (Å²) in [7, 11) is 0. The number of nitrogens with one attached hydrogen (secondary N) is 2. The lowest BCUT2D eigenvalue weighted by molar-refractivity contribution is -0.126. The van der Waals surface area contributed by atoms with Crippen molar-refractivity contribution < 1.29 is 14.0 Å². The first-order valence-electron chi connectivity index (χ1n) is 8.07. The molecule has 1 atom stereocenters. The first-order valence-corrected chi connectivity index (χ1v) is 8.07. The predicted molar refractivity (Wildman–Crippen MR) is 83.6 cm³/mol. The normalized spacial score (nSPS) is 18.2. The molecule has 0 spiro atoms. The van der Waals surface area contributed by atoms with Gasteiger partial charge in [0, 0.05) is 19.6 Å². The Kier molecular flexibility index (Phi) is 6.45. The molecule has 1 saturated heterocycles. The average molecular weight is 307 g/mol. The Hall–Kier alpha value is -1.82. The van der Waals surface area contributed by atoms with Crippen molar-refractivity contribution in [1.82, 2.24) is 15.5 Å². The van der Waals surface area contributed by atoms with Crippen LogP contribution in [0.1, 0.15) is 43.2 Å². The minimum atomic E-state index is -0.391. The Morgan fingerprint density at radius 2 is 2.18 bits per heavy atom. The summed E-state index contributed by atoms with van der Waals surface area (Å²) in [6.45, 7) is 4.98. The molecule has 1 fully saturated rings. The lowest BCUT2D eigenvalue weighted by Crippen LogP contribution is -2.52. The molecule has 0 saturated carbocycles. The lowest BCUT2D eigenvalue weighted by Gasteiger charge is -2.34. The molecule has 1 aliphatic rings. The summed E-state index contributed by atoms with van der Waals surface area (Å²) in [6.07, 6.45) is 5.15. The van der Waals surface area contributed by atoms with Crippen LogP contribution in [0.2, 0.25) is 0 Å². The maximum atomic E-state index is 12.4. The number of rotatable bonds is 7. The summed E-state index contributed by atoms with van der Waals surface area (Å²) in [6, 6.07) is 2.93. The summed E-state index contributed by atoms with van der Waals surface area (Å²) >= 11 is 0. The van der Waals surface area contributed by atoms with Crippen molar-refractivity contribution in [3.63, 3.8) is 0 Å². The average Bonchev–Trinajstić information content (AvgIpc) is 3.08. The summed E-state index contributed by atoms with van der Waals surface area (Å²) in [5.41, 5.74) is 0. The van der Waals surface area contributed by atoms with E-state index in [2.05, 4.69) is 17.6 Å². The molecule has 0 radical (unpaired) electrons. The van der Waals surface area contributed by atoms with Crippen LogP contribution >= 0.6 is 0 Å². The van der Waals surface area contributed by atoms with E-state index in [1.165, 1.54) is 6.26 Å². The van der Waals surface area contributed by atoms with Gasteiger partial charge in [-0.2, -0.15) is 0 Å². The van der Waals surface area contributed by atoms with Gasteiger partial charge in [-0.3, -0.25) is 9.59 Å². The molecule has 2 rings (SSSR count). The van der Waals surface area contributed by atoms with Crippen LogP contribution in [0.5, 0.6) is 0 Å². The molecule has 1 unspecified atom stereocenters. The number of amides is 2. The molecular formula is C16H25N3O3. The molecule has 6 heteroatoms. The topological polar surface area (TPSA) is 74.6 Å². The molecule has 1 aromatic rings. The van der Waals surface area contributed by atoms with Gasteiger partial charge in [0.1, 0.15) is 6.04 Å². The zero-order valence-electron chi connectivity index (χ0n) is 13.1. The van der Waals surface area contributed by atoms with Gasteiger partial charge in [0.2, 0.25) is 5.91 Å². The molecule has 0 bridgehead atoms. The van der Waals surface area contributed by atoms with Crippen LogP contribution in [0.15, 0.2) is 22.8 Å². The van der Waals surface area contributed by atoms with Crippen LogP contribution in [0, 0.1) is 0 Å². The van der Waals surface area contributed by atoms with Crippen LogP contribution in [-0.2, 0) is 4.79 Å². The van der Waals surface area contributed by atoms with Crippen molar-refractivity contribution in [2.75, 3.05) is 26.2 Å². The molecule has 2 amide bonds. The molecule has 0 aromatic carbocycles. The molecule has 6 nitrogen and oxygen atoms in total. The van der Waals surface area contributed by atoms with Crippen molar-refractivity contribution in [2.45, 2.75) is 38.6 Å². The number of nitrogens with zero attached hydrogens (tertiary/aromatic N) is 1. The second-order valence-corrected chi connectivity index (χ2v) is 5.53. The second kappa shape index (κ2) is 8.58. The van der Waals surface area contributed by atoms with Crippen LogP contribution in [0.3, 0.4) is 0 Å². The Balaban J connectivity index is 1.89. The highest BCUT2D eigenvalue weighted by molar-refractivity contribution is 5.95. The number of carbonyl (C=O) groups excluding carboxylic acids is 2. The fourth-order valence-electron chi connectivity index (χ4n) is 2.68. The highest BCUT2D eigenvalue weighted by Gasteiger charge is 2.33. The zero-order chi connectivity index (χ0) is 15.8. The Labute approximate surface area is 131 Å². The number of carbonyl (C=O) groups is 2. The van der Waals surface area contributed by atoms with E-state index < -0.39 is 6.04 Å². The third-order valence-electron chi connectivity index (χ3n) is 3.83. The van der Waals surface area contributed by atoms with Gasteiger partial charge in [0.25, 0.3) is 5.91 Å². The minimum Gasteiger partial charge on any atom is -0.459 e. The maximum Gasteiger partial charge on any atom is 0.290 e. The van der Waals surface area contributed by atoms with Gasteiger partial charge in [-0.05, 0) is 44.4 Å². The fourth-order valence-corrected chi connectivity index (χ4v) is 2.68. The van der Waals surface area contributed by atoms with Gasteiger partial charge in [0.05, 0.1) is 6.26 Å². The zero-order valence-corrected chi connectivity index (χ0v) is 13.1. The lowest BCUT2D eigenvalue weighted by atomic mass is 10.0. The molecular weight excluding hydrogens is 282 g/mol. The monoisotopic (exact) mass is 307 g/mol. The number of hydrogen-bond acceptors (Lipinski definition) is 4. The van der Waals surface area contributed by atoms with Crippen LogP contribution in [-0.4, -0.2) is 48.9 Å². The second-order valence-electron chi connectivity index (χ2n) is 5.53. The van der Waals surface area contributed by atoms with Crippen molar-refractivity contribution in [1.29, 1.82) is 0 Å². The van der Waals surface area contributed by atoms with Crippen LogP contribution in [0.4, 0.5) is 0 Å². The highest BCUT2D eigenvalue weighted by Crippen LogP contribution is 2.20. The van der Waals surface area contributed by atoms with E-state index >= 15 is 0 Å². The molecule has 0 aliphatic carbocycles. The van der Waals surface area contributed by atoms with E-state index in [1.54, 1.807) is 17.0 Å². The number of likely N-dealkylation sites (tertiary alicyclic amines) is 1. The van der Waals surface area contributed by atoms with Crippen LogP contribution < -0.4 is 10.6 Å². The van der Waals surface area contributed by atoms with Gasteiger partial charge >= 0.3 is 0 Å². The van der Waals surface area contributed by atoms with Gasteiger partial charge in [-0.15, -0.1) is 0 Å². The van der Waals surface area contributed by atoms with Crippen molar-refractivity contribution >= 4 is 11.8 Å². The van der Waals surface area contributed by atoms with Crippen molar-refractivity contribution in [2.24, 2.45) is 0 Å². The van der Waals surface area contributed by atoms with E-state index in [4.69, 9.17) is 4.42 Å². The van der Waals surface area contributed by atoms with Gasteiger partial charge < -0.3 is 20.0 Å².